The van der Waals surface area contributed by atoms with Crippen LogP contribution in [0.4, 0.5) is 0 Å². The molecule has 1 amide bonds. The van der Waals surface area contributed by atoms with Crippen molar-refractivity contribution in [1.82, 2.24) is 5.32 Å². The van der Waals surface area contributed by atoms with Crippen LogP contribution in [0.3, 0.4) is 0 Å². The third-order valence-electron chi connectivity index (χ3n) is 9.29. The van der Waals surface area contributed by atoms with Crippen LogP contribution in [-0.4, -0.2) is 46.1 Å². The first-order valence-corrected chi connectivity index (χ1v) is 20.2. The normalized spacial score (nSPS) is 13.9. The van der Waals surface area contributed by atoms with E-state index in [1.54, 1.807) is 6.08 Å². The van der Waals surface area contributed by atoms with Gasteiger partial charge < -0.3 is 20.6 Å². The van der Waals surface area contributed by atoms with Crippen molar-refractivity contribution in [1.29, 1.82) is 0 Å². The molecule has 272 valence electrons. The van der Waals surface area contributed by atoms with Gasteiger partial charge in [-0.2, -0.15) is 0 Å². The molecule has 0 aromatic rings. The average Bonchev–Trinajstić information content (AvgIpc) is 3.06. The van der Waals surface area contributed by atoms with Gasteiger partial charge >= 0.3 is 0 Å². The minimum Gasteiger partial charge on any atom is -0.394 e. The minimum absolute atomic E-state index is 0.366. The first kappa shape index (κ1) is 44.8. The highest BCUT2D eigenvalue weighted by atomic mass is 16.3. The number of allylic oxidation sites excluding steroid dienone is 3. The lowest BCUT2D eigenvalue weighted by molar-refractivity contribution is -0.131. The predicted molar refractivity (Wildman–Crippen MR) is 199 cm³/mol. The van der Waals surface area contributed by atoms with Crippen LogP contribution in [0, 0.1) is 0 Å². The van der Waals surface area contributed by atoms with Gasteiger partial charge in [0.1, 0.15) is 6.10 Å². The summed E-state index contributed by atoms with van der Waals surface area (Å²) in [6.07, 6.45) is 43.4. The van der Waals surface area contributed by atoms with E-state index in [1.807, 2.05) is 6.08 Å². The molecule has 4 N–H and O–H groups in total. The van der Waals surface area contributed by atoms with Crippen molar-refractivity contribution in [3.63, 3.8) is 0 Å². The molecular weight excluding hydrogens is 570 g/mol. The molecule has 0 heterocycles. The number of carbonyl (C=O) groups excluding carboxylic acids is 1. The van der Waals surface area contributed by atoms with Crippen molar-refractivity contribution in [3.05, 3.63) is 24.3 Å². The first-order valence-electron chi connectivity index (χ1n) is 20.2. The molecule has 3 atom stereocenters. The number of aliphatic hydroxyl groups is 3. The van der Waals surface area contributed by atoms with Crippen molar-refractivity contribution < 1.29 is 20.1 Å². The minimum atomic E-state index is -1.10. The van der Waals surface area contributed by atoms with Crippen molar-refractivity contribution in [2.45, 2.75) is 225 Å². The van der Waals surface area contributed by atoms with E-state index in [0.29, 0.717) is 6.42 Å². The summed E-state index contributed by atoms with van der Waals surface area (Å²) in [5.41, 5.74) is 0. The number of aliphatic hydroxyl groups excluding tert-OH is 3. The molecule has 0 aliphatic rings. The van der Waals surface area contributed by atoms with E-state index in [4.69, 9.17) is 0 Å². The summed E-state index contributed by atoms with van der Waals surface area (Å²) in [6, 6.07) is -0.799. The summed E-state index contributed by atoms with van der Waals surface area (Å²) in [4.78, 5) is 12.4. The van der Waals surface area contributed by atoms with E-state index in [2.05, 4.69) is 31.3 Å². The Balaban J connectivity index is 3.73. The van der Waals surface area contributed by atoms with Crippen LogP contribution in [0.1, 0.15) is 206 Å². The van der Waals surface area contributed by atoms with Gasteiger partial charge in [0.2, 0.25) is 5.91 Å². The molecular formula is C41H79NO4. The maximum absolute atomic E-state index is 12.4. The number of rotatable bonds is 36. The molecule has 0 aromatic carbocycles. The lowest BCUT2D eigenvalue weighted by Gasteiger charge is -2.21. The molecule has 0 saturated heterocycles. The Kier molecular flexibility index (Phi) is 35.7. The Morgan fingerprint density at radius 3 is 1.26 bits per heavy atom. The third-order valence-corrected chi connectivity index (χ3v) is 9.29. The highest BCUT2D eigenvalue weighted by Gasteiger charge is 2.22. The second-order valence-electron chi connectivity index (χ2n) is 13.8. The standard InChI is InChI=1S/C41H79NO4/c1-3-5-7-9-11-13-15-17-19-20-22-23-25-27-29-31-33-35-39(44)38(37-43)42-41(46)40(45)36-34-32-30-28-26-24-21-18-16-14-12-10-8-6-4-2/h21,24,33,35,38-40,43-45H,3-20,22-23,25-32,34,36-37H2,1-2H3,(H,42,46)/b24-21-,35-33+. The molecule has 5 heteroatoms. The van der Waals surface area contributed by atoms with Crippen molar-refractivity contribution in [2.24, 2.45) is 0 Å². The largest absolute Gasteiger partial charge is 0.394 e. The van der Waals surface area contributed by atoms with Gasteiger partial charge in [-0.1, -0.05) is 186 Å². The topological polar surface area (TPSA) is 89.8 Å². The van der Waals surface area contributed by atoms with Crippen molar-refractivity contribution in [3.8, 4) is 0 Å². The monoisotopic (exact) mass is 650 g/mol. The smallest absolute Gasteiger partial charge is 0.249 e. The summed E-state index contributed by atoms with van der Waals surface area (Å²) in [5, 5.41) is 33.0. The fraction of sp³-hybridized carbons (Fsp3) is 0.878. The summed E-state index contributed by atoms with van der Waals surface area (Å²) in [6.45, 7) is 4.17. The molecule has 0 saturated carbocycles. The summed E-state index contributed by atoms with van der Waals surface area (Å²) >= 11 is 0. The van der Waals surface area contributed by atoms with Crippen molar-refractivity contribution >= 4 is 5.91 Å². The number of amides is 1. The number of hydrogen-bond donors (Lipinski definition) is 4. The van der Waals surface area contributed by atoms with E-state index in [0.717, 1.165) is 44.9 Å². The lowest BCUT2D eigenvalue weighted by atomic mass is 10.0. The van der Waals surface area contributed by atoms with E-state index in [1.165, 1.54) is 141 Å². The van der Waals surface area contributed by atoms with Crippen molar-refractivity contribution in [2.75, 3.05) is 6.61 Å². The molecule has 0 bridgehead atoms. The van der Waals surface area contributed by atoms with Crippen LogP contribution in [0.25, 0.3) is 0 Å². The number of hydrogen-bond acceptors (Lipinski definition) is 4. The van der Waals surface area contributed by atoms with Gasteiger partial charge in [0, 0.05) is 0 Å². The highest BCUT2D eigenvalue weighted by molar-refractivity contribution is 5.80. The van der Waals surface area contributed by atoms with Crippen LogP contribution in [0.2, 0.25) is 0 Å². The number of unbranched alkanes of at least 4 members (excludes halogenated alkanes) is 26. The first-order chi connectivity index (χ1) is 22.6. The van der Waals surface area contributed by atoms with Gasteiger partial charge in [-0.05, 0) is 44.9 Å². The Labute approximate surface area is 286 Å². The maximum Gasteiger partial charge on any atom is 0.249 e. The van der Waals surface area contributed by atoms with Gasteiger partial charge in [-0.3, -0.25) is 4.79 Å². The quantitative estimate of drug-likeness (QED) is 0.0401. The number of carbonyl (C=O) groups is 1. The Morgan fingerprint density at radius 2 is 0.870 bits per heavy atom. The fourth-order valence-electron chi connectivity index (χ4n) is 6.06. The maximum atomic E-state index is 12.4. The molecule has 0 rings (SSSR count). The Bertz CT molecular complexity index is 679. The molecule has 0 aliphatic heterocycles. The van der Waals surface area contributed by atoms with Crippen LogP contribution in [-0.2, 0) is 4.79 Å². The molecule has 0 fully saturated rings. The van der Waals surface area contributed by atoms with E-state index in [-0.39, 0.29) is 6.61 Å². The molecule has 0 aromatic heterocycles. The summed E-state index contributed by atoms with van der Waals surface area (Å²) < 4.78 is 0. The van der Waals surface area contributed by atoms with Crippen LogP contribution < -0.4 is 5.32 Å². The summed E-state index contributed by atoms with van der Waals surface area (Å²) in [5.74, 6) is -0.512. The highest BCUT2D eigenvalue weighted by Crippen LogP contribution is 2.15. The van der Waals surface area contributed by atoms with Gasteiger partial charge in [-0.25, -0.2) is 0 Å². The second-order valence-corrected chi connectivity index (χ2v) is 13.8. The fourth-order valence-corrected chi connectivity index (χ4v) is 6.06. The second kappa shape index (κ2) is 36.7. The lowest BCUT2D eigenvalue weighted by Crippen LogP contribution is -2.48. The van der Waals surface area contributed by atoms with Gasteiger partial charge in [0.25, 0.3) is 0 Å². The Hall–Kier alpha value is -1.17. The third kappa shape index (κ3) is 31.4. The molecule has 0 aliphatic carbocycles. The van der Waals surface area contributed by atoms with Crippen LogP contribution >= 0.6 is 0 Å². The average molecular weight is 650 g/mol. The molecule has 46 heavy (non-hydrogen) atoms. The van der Waals surface area contributed by atoms with Gasteiger partial charge in [-0.15, -0.1) is 0 Å². The zero-order chi connectivity index (χ0) is 33.8. The molecule has 0 spiro atoms. The van der Waals surface area contributed by atoms with Gasteiger partial charge in [0.15, 0.2) is 0 Å². The summed E-state index contributed by atoms with van der Waals surface area (Å²) in [7, 11) is 0. The van der Waals surface area contributed by atoms with Crippen LogP contribution in [0.15, 0.2) is 24.3 Å². The van der Waals surface area contributed by atoms with E-state index in [9.17, 15) is 20.1 Å². The zero-order valence-corrected chi connectivity index (χ0v) is 30.7. The predicted octanol–water partition coefficient (Wildman–Crippen LogP) is 11.0. The number of nitrogens with one attached hydrogen (secondary N) is 1. The molecule has 3 unspecified atom stereocenters. The molecule has 5 nitrogen and oxygen atoms in total. The van der Waals surface area contributed by atoms with Crippen LogP contribution in [0.5, 0.6) is 0 Å². The van der Waals surface area contributed by atoms with E-state index >= 15 is 0 Å². The SMILES string of the molecule is CCCCCCCCC/C=C\CCCCCCC(O)C(=O)NC(CO)C(O)/C=C/CCCCCCCCCCCCCCCCC. The zero-order valence-electron chi connectivity index (χ0n) is 30.7. The van der Waals surface area contributed by atoms with Gasteiger partial charge in [0.05, 0.1) is 18.8 Å². The Morgan fingerprint density at radius 1 is 0.522 bits per heavy atom. The van der Waals surface area contributed by atoms with E-state index < -0.39 is 24.2 Å². The molecule has 0 radical (unpaired) electrons.